The lowest BCUT2D eigenvalue weighted by Crippen LogP contribution is -2.43. The molecule has 1 fully saturated rings. The van der Waals surface area contributed by atoms with Crippen molar-refractivity contribution in [1.82, 2.24) is 15.2 Å². The van der Waals surface area contributed by atoms with E-state index in [-0.39, 0.29) is 23.3 Å². The highest BCUT2D eigenvalue weighted by Crippen LogP contribution is 2.35. The molecule has 1 aliphatic rings. The molecule has 2 heterocycles. The molecule has 11 heteroatoms. The minimum absolute atomic E-state index is 0.0469. The van der Waals surface area contributed by atoms with Gasteiger partial charge in [0.05, 0.1) is 18.2 Å². The lowest BCUT2D eigenvalue weighted by molar-refractivity contribution is -0.170. The van der Waals surface area contributed by atoms with Crippen molar-refractivity contribution in [2.24, 2.45) is 0 Å². The Bertz CT molecular complexity index is 2410. The number of aliphatic hydroxyl groups excluding tert-OH is 1. The van der Waals surface area contributed by atoms with Crippen LogP contribution in [0.5, 0.6) is 11.5 Å². The quantitative estimate of drug-likeness (QED) is 0.0486. The molecule has 1 amide bonds. The normalized spacial score (nSPS) is 14.9. The van der Waals surface area contributed by atoms with Gasteiger partial charge < -0.3 is 35.1 Å². The average Bonchev–Trinajstić information content (AvgIpc) is 3.27. The van der Waals surface area contributed by atoms with E-state index in [4.69, 9.17) is 9.47 Å². The van der Waals surface area contributed by atoms with Crippen LogP contribution in [0, 0.1) is 0 Å². The minimum Gasteiger partial charge on any atom is -0.506 e. The molecular formula is C49H51N3O8. The Labute approximate surface area is 349 Å². The molecule has 7 rings (SSSR count). The first-order valence-electron chi connectivity index (χ1n) is 20.6. The van der Waals surface area contributed by atoms with Crippen molar-refractivity contribution < 1.29 is 34.4 Å². The number of aryl methyl sites for hydroxylation is 1. The van der Waals surface area contributed by atoms with E-state index in [9.17, 15) is 29.7 Å². The monoisotopic (exact) mass is 809 g/mol. The smallest absolute Gasteiger partial charge is 0.347 e. The zero-order chi connectivity index (χ0) is 41.9. The van der Waals surface area contributed by atoms with Crippen molar-refractivity contribution in [2.75, 3.05) is 26.2 Å². The van der Waals surface area contributed by atoms with Gasteiger partial charge in [-0.15, -0.1) is 0 Å². The van der Waals surface area contributed by atoms with E-state index in [1.54, 1.807) is 72.8 Å². The number of ether oxygens (including phenoxy) is 2. The number of aromatic nitrogens is 1. The number of carbonyl (C=O) groups is 2. The molecule has 0 radical (unpaired) electrons. The molecule has 1 saturated heterocycles. The number of carbonyl (C=O) groups excluding carboxylic acids is 2. The van der Waals surface area contributed by atoms with Gasteiger partial charge in [0.2, 0.25) is 11.2 Å². The lowest BCUT2D eigenvalue weighted by atomic mass is 9.86. The molecule has 0 unspecified atom stereocenters. The van der Waals surface area contributed by atoms with E-state index in [0.29, 0.717) is 90.6 Å². The summed E-state index contributed by atoms with van der Waals surface area (Å²) >= 11 is 0. The van der Waals surface area contributed by atoms with Crippen LogP contribution >= 0.6 is 0 Å². The second-order valence-electron chi connectivity index (χ2n) is 15.3. The lowest BCUT2D eigenvalue weighted by Gasteiger charge is -2.34. The molecule has 5 N–H and O–H groups in total. The minimum atomic E-state index is -2.04. The highest BCUT2D eigenvalue weighted by molar-refractivity contribution is 5.94. The molecule has 2 atom stereocenters. The fourth-order valence-corrected chi connectivity index (χ4v) is 7.75. The molecule has 0 aliphatic carbocycles. The number of nitrogens with one attached hydrogen (secondary N) is 2. The molecule has 0 saturated carbocycles. The van der Waals surface area contributed by atoms with E-state index in [1.807, 2.05) is 36.4 Å². The van der Waals surface area contributed by atoms with E-state index < -0.39 is 17.7 Å². The highest BCUT2D eigenvalue weighted by atomic mass is 16.6. The van der Waals surface area contributed by atoms with E-state index in [2.05, 4.69) is 27.3 Å². The number of piperidine rings is 1. The van der Waals surface area contributed by atoms with Gasteiger partial charge in [0.15, 0.2) is 0 Å². The molecule has 60 heavy (non-hydrogen) atoms. The third kappa shape index (κ3) is 10.3. The number of nitrogens with zero attached hydrogens (tertiary/aromatic N) is 1. The van der Waals surface area contributed by atoms with Crippen molar-refractivity contribution in [1.29, 1.82) is 0 Å². The van der Waals surface area contributed by atoms with Crippen LogP contribution in [0.3, 0.4) is 0 Å². The van der Waals surface area contributed by atoms with Crippen molar-refractivity contribution in [3.63, 3.8) is 0 Å². The van der Waals surface area contributed by atoms with Crippen LogP contribution in [-0.2, 0) is 28.1 Å². The predicted octanol–water partition coefficient (Wildman–Crippen LogP) is 6.93. The summed E-state index contributed by atoms with van der Waals surface area (Å²) in [6.45, 7) is 3.09. The summed E-state index contributed by atoms with van der Waals surface area (Å²) in [6, 6.07) is 39.5. The Balaban J connectivity index is 0.866. The highest BCUT2D eigenvalue weighted by Gasteiger charge is 2.43. The zero-order valence-corrected chi connectivity index (χ0v) is 33.5. The van der Waals surface area contributed by atoms with E-state index in [0.717, 1.165) is 25.2 Å². The number of hydrogen-bond acceptors (Lipinski definition) is 9. The van der Waals surface area contributed by atoms with Crippen LogP contribution in [0.2, 0.25) is 0 Å². The number of pyridine rings is 1. The van der Waals surface area contributed by atoms with Gasteiger partial charge in [0.1, 0.15) is 17.6 Å². The largest absolute Gasteiger partial charge is 0.506 e. The van der Waals surface area contributed by atoms with Crippen LogP contribution in [0.15, 0.2) is 138 Å². The number of phenols is 1. The van der Waals surface area contributed by atoms with Gasteiger partial charge in [-0.25, -0.2) is 4.79 Å². The summed E-state index contributed by atoms with van der Waals surface area (Å²) in [5.41, 5.74) is 2.13. The number of hydrogen-bond donors (Lipinski definition) is 5. The molecule has 310 valence electrons. The topological polar surface area (TPSA) is 161 Å². The molecule has 1 aliphatic heterocycles. The number of amides is 1. The summed E-state index contributed by atoms with van der Waals surface area (Å²) in [5, 5.41) is 36.7. The number of esters is 1. The van der Waals surface area contributed by atoms with Crippen molar-refractivity contribution in [2.45, 2.75) is 62.9 Å². The first-order chi connectivity index (χ1) is 29.2. The van der Waals surface area contributed by atoms with Gasteiger partial charge in [0, 0.05) is 48.8 Å². The van der Waals surface area contributed by atoms with Gasteiger partial charge in [-0.1, -0.05) is 91.0 Å². The fraction of sp³-hybridized carbons (Fsp3) is 0.286. The van der Waals surface area contributed by atoms with Crippen LogP contribution in [0.4, 0.5) is 0 Å². The third-order valence-corrected chi connectivity index (χ3v) is 11.1. The number of likely N-dealkylation sites (tertiary alicyclic amines) is 1. The van der Waals surface area contributed by atoms with E-state index in [1.165, 1.54) is 17.7 Å². The number of fused-ring (bicyclic) bond motifs is 1. The number of H-pyrrole nitrogens is 1. The van der Waals surface area contributed by atoms with Crippen LogP contribution in [0.1, 0.15) is 76.4 Å². The van der Waals surface area contributed by atoms with Crippen molar-refractivity contribution in [3.8, 4) is 11.5 Å². The summed E-state index contributed by atoms with van der Waals surface area (Å²) in [4.78, 5) is 43.5. The molecule has 11 nitrogen and oxygen atoms in total. The Morgan fingerprint density at radius 2 is 1.53 bits per heavy atom. The van der Waals surface area contributed by atoms with Gasteiger partial charge in [-0.2, -0.15) is 0 Å². The van der Waals surface area contributed by atoms with Crippen LogP contribution in [0.25, 0.3) is 10.9 Å². The fourth-order valence-electron chi connectivity index (χ4n) is 7.75. The van der Waals surface area contributed by atoms with Gasteiger partial charge in [-0.3, -0.25) is 14.5 Å². The SMILES string of the molecule is O=C(NCCCOc1cccc([C@](O)(C(=O)OC2CCN(Cc3ccccc3)CC2)c2ccccc2)c1)c1ccc(CCC[C@H](O)c2ccc(O)c3[nH]c(=O)ccc23)cc1. The van der Waals surface area contributed by atoms with Gasteiger partial charge in [-0.05, 0) is 97.2 Å². The first-order valence-corrected chi connectivity index (χ1v) is 20.6. The average molecular weight is 810 g/mol. The maximum atomic E-state index is 13.9. The summed E-state index contributed by atoms with van der Waals surface area (Å²) in [5.74, 6) is -0.494. The number of rotatable bonds is 17. The maximum Gasteiger partial charge on any atom is 0.347 e. The van der Waals surface area contributed by atoms with E-state index >= 15 is 0 Å². The summed E-state index contributed by atoms with van der Waals surface area (Å²) in [7, 11) is 0. The number of benzene rings is 5. The Morgan fingerprint density at radius 3 is 2.28 bits per heavy atom. The Hall–Kier alpha value is -6.27. The molecule has 5 aromatic carbocycles. The van der Waals surface area contributed by atoms with Crippen LogP contribution in [-0.4, -0.2) is 69.4 Å². The Morgan fingerprint density at radius 1 is 0.817 bits per heavy atom. The zero-order valence-electron chi connectivity index (χ0n) is 33.5. The Kier molecular flexibility index (Phi) is 13.7. The number of aliphatic hydroxyl groups is 2. The summed E-state index contributed by atoms with van der Waals surface area (Å²) in [6.07, 6.45) is 2.65. The van der Waals surface area contributed by atoms with Gasteiger partial charge >= 0.3 is 5.97 Å². The molecular weight excluding hydrogens is 759 g/mol. The first kappa shape index (κ1) is 41.9. The molecule has 6 aromatic rings. The third-order valence-electron chi connectivity index (χ3n) is 11.1. The number of phenolic OH excluding ortho intramolecular Hbond substituents is 1. The summed E-state index contributed by atoms with van der Waals surface area (Å²) < 4.78 is 12.0. The van der Waals surface area contributed by atoms with Crippen molar-refractivity contribution in [3.05, 3.63) is 177 Å². The van der Waals surface area contributed by atoms with Crippen molar-refractivity contribution >= 4 is 22.8 Å². The number of aromatic amines is 1. The predicted molar refractivity (Wildman–Crippen MR) is 230 cm³/mol. The second-order valence-corrected chi connectivity index (χ2v) is 15.3. The standard InChI is InChI=1S/C49H51N3O8/c53-43(41-22-24-44(54)46-42(41)23-25-45(55)51-46)17-7-12-34-18-20-36(21-19-34)47(56)50-28-9-31-59-40-16-8-15-38(32-40)49(58,37-13-5-2-6-14-37)48(57)60-39-26-29-52(30-27-39)33-35-10-3-1-4-11-35/h1-6,8,10-11,13-16,18-25,32,39,43,53-54,58H,7,9,12,17,26-31,33H2,(H,50,56)(H,51,55)/t43-,49-/m0/s1. The van der Waals surface area contributed by atoms with Gasteiger partial charge in [0.25, 0.3) is 5.91 Å². The molecule has 0 spiro atoms. The molecule has 1 aromatic heterocycles. The molecule has 0 bridgehead atoms. The number of aromatic hydroxyl groups is 1. The second kappa shape index (κ2) is 19.7. The van der Waals surface area contributed by atoms with Crippen LogP contribution < -0.4 is 15.6 Å². The maximum absolute atomic E-state index is 13.9.